The van der Waals surface area contributed by atoms with Crippen LogP contribution in [0, 0.1) is 0 Å². The second-order valence-corrected chi connectivity index (χ2v) is 6.86. The van der Waals surface area contributed by atoms with Gasteiger partial charge in [0.2, 0.25) is 0 Å². The van der Waals surface area contributed by atoms with E-state index in [1.54, 1.807) is 0 Å². The minimum absolute atomic E-state index is 0.185. The van der Waals surface area contributed by atoms with E-state index in [1.807, 2.05) is 0 Å². The summed E-state index contributed by atoms with van der Waals surface area (Å²) in [7, 11) is 0. The molecule has 2 fully saturated rings. The van der Waals surface area contributed by atoms with E-state index in [9.17, 15) is 35.7 Å². The molecular formula is C14H25BrO11. The van der Waals surface area contributed by atoms with Gasteiger partial charge in [-0.15, -0.1) is 0 Å². The van der Waals surface area contributed by atoms with Crippen LogP contribution in [0.15, 0.2) is 0 Å². The van der Waals surface area contributed by atoms with E-state index < -0.39 is 74.6 Å². The number of alkyl halides is 1. The Bertz CT molecular complexity index is 426. The SMILES string of the molecule is OC[C@H]1O[C@@H](O[C@@H]2[C@H](O)[C@@H](O)[C@@H](OCCBr)O[C@@H]2CO)[C@H](O)[C@@H](O)[C@H]1O. The molecule has 2 rings (SSSR count). The van der Waals surface area contributed by atoms with Gasteiger partial charge in [0.15, 0.2) is 12.6 Å². The van der Waals surface area contributed by atoms with Crippen molar-refractivity contribution in [3.8, 4) is 0 Å². The highest BCUT2D eigenvalue weighted by Crippen LogP contribution is 2.29. The van der Waals surface area contributed by atoms with E-state index in [4.69, 9.17) is 18.9 Å². The highest BCUT2D eigenvalue weighted by atomic mass is 79.9. The van der Waals surface area contributed by atoms with Crippen LogP contribution in [-0.4, -0.2) is 122 Å². The second-order valence-electron chi connectivity index (χ2n) is 6.06. The Kier molecular flexibility index (Phi) is 8.59. The molecule has 2 heterocycles. The topological polar surface area (TPSA) is 179 Å². The average molecular weight is 449 g/mol. The molecule has 154 valence electrons. The lowest BCUT2D eigenvalue weighted by Crippen LogP contribution is -2.64. The Morgan fingerprint density at radius 1 is 0.731 bits per heavy atom. The standard InChI is InChI=1S/C14H25BrO11/c15-1-2-23-13-11(22)9(20)12(6(4-17)25-13)26-14-10(21)8(19)7(18)5(3-16)24-14/h5-14,16-22H,1-4H2/t5-,6-,7+,8+,9-,10-,11-,12+,13+,14+/m1/s1. The van der Waals surface area contributed by atoms with Gasteiger partial charge in [0.1, 0.15) is 48.8 Å². The molecule has 0 aromatic heterocycles. The largest absolute Gasteiger partial charge is 0.394 e. The lowest BCUT2D eigenvalue weighted by Gasteiger charge is -2.45. The molecule has 0 aromatic carbocycles. The first kappa shape index (κ1) is 22.3. The van der Waals surface area contributed by atoms with E-state index in [-0.39, 0.29) is 6.61 Å². The monoisotopic (exact) mass is 448 g/mol. The quantitative estimate of drug-likeness (QED) is 0.189. The first-order chi connectivity index (χ1) is 12.3. The van der Waals surface area contributed by atoms with Crippen LogP contribution in [0.2, 0.25) is 0 Å². The Labute approximate surface area is 157 Å². The summed E-state index contributed by atoms with van der Waals surface area (Å²) in [6.45, 7) is -1.06. The maximum Gasteiger partial charge on any atom is 0.187 e. The third-order valence-corrected chi connectivity index (χ3v) is 4.64. The van der Waals surface area contributed by atoms with E-state index in [0.717, 1.165) is 0 Å². The molecule has 11 nitrogen and oxygen atoms in total. The summed E-state index contributed by atoms with van der Waals surface area (Å²) in [6.07, 6.45) is -14.4. The fraction of sp³-hybridized carbons (Fsp3) is 1.00. The highest BCUT2D eigenvalue weighted by Gasteiger charge is 2.50. The van der Waals surface area contributed by atoms with Crippen LogP contribution in [0.5, 0.6) is 0 Å². The van der Waals surface area contributed by atoms with Crippen LogP contribution in [0.3, 0.4) is 0 Å². The Morgan fingerprint density at radius 2 is 1.31 bits per heavy atom. The van der Waals surface area contributed by atoms with Crippen molar-refractivity contribution in [1.29, 1.82) is 0 Å². The van der Waals surface area contributed by atoms with Gasteiger partial charge < -0.3 is 54.7 Å². The molecule has 10 atom stereocenters. The molecule has 0 amide bonds. The molecule has 0 radical (unpaired) electrons. The molecule has 0 unspecified atom stereocenters. The van der Waals surface area contributed by atoms with Crippen molar-refractivity contribution in [3.05, 3.63) is 0 Å². The lowest BCUT2D eigenvalue weighted by atomic mass is 9.97. The molecule has 0 aliphatic carbocycles. The van der Waals surface area contributed by atoms with Crippen molar-refractivity contribution >= 4 is 15.9 Å². The minimum atomic E-state index is -1.70. The molecule has 0 spiro atoms. The van der Waals surface area contributed by atoms with Gasteiger partial charge in [0.05, 0.1) is 19.8 Å². The van der Waals surface area contributed by atoms with Crippen LogP contribution >= 0.6 is 15.9 Å². The summed E-state index contributed by atoms with van der Waals surface area (Å²) in [5.41, 5.74) is 0. The zero-order chi connectivity index (χ0) is 19.4. The summed E-state index contributed by atoms with van der Waals surface area (Å²) in [6, 6.07) is 0. The maximum absolute atomic E-state index is 10.3. The average Bonchev–Trinajstić information content (AvgIpc) is 2.64. The molecule has 7 N–H and O–H groups in total. The zero-order valence-electron chi connectivity index (χ0n) is 13.7. The smallest absolute Gasteiger partial charge is 0.187 e. The highest BCUT2D eigenvalue weighted by molar-refractivity contribution is 9.09. The second kappa shape index (κ2) is 10.0. The predicted octanol–water partition coefficient (Wildman–Crippen LogP) is -3.98. The van der Waals surface area contributed by atoms with Gasteiger partial charge in [-0.2, -0.15) is 0 Å². The summed E-state index contributed by atoms with van der Waals surface area (Å²) >= 11 is 3.14. The normalized spacial score (nSPS) is 47.1. The number of hydrogen-bond acceptors (Lipinski definition) is 11. The molecule has 26 heavy (non-hydrogen) atoms. The first-order valence-electron chi connectivity index (χ1n) is 8.11. The van der Waals surface area contributed by atoms with E-state index in [1.165, 1.54) is 0 Å². The van der Waals surface area contributed by atoms with Gasteiger partial charge in [0, 0.05) is 5.33 Å². The van der Waals surface area contributed by atoms with E-state index in [2.05, 4.69) is 15.9 Å². The molecule has 0 saturated carbocycles. The Morgan fingerprint density at radius 3 is 1.88 bits per heavy atom. The van der Waals surface area contributed by atoms with Gasteiger partial charge >= 0.3 is 0 Å². The van der Waals surface area contributed by atoms with Crippen molar-refractivity contribution < 1.29 is 54.7 Å². The van der Waals surface area contributed by atoms with Crippen molar-refractivity contribution in [2.75, 3.05) is 25.2 Å². The summed E-state index contributed by atoms with van der Waals surface area (Å²) in [5, 5.41) is 69.2. The van der Waals surface area contributed by atoms with Crippen LogP contribution in [0.4, 0.5) is 0 Å². The van der Waals surface area contributed by atoms with Crippen molar-refractivity contribution in [2.45, 2.75) is 61.4 Å². The fourth-order valence-corrected chi connectivity index (χ4v) is 3.04. The van der Waals surface area contributed by atoms with Crippen LogP contribution in [-0.2, 0) is 18.9 Å². The molecule has 2 saturated heterocycles. The van der Waals surface area contributed by atoms with Crippen molar-refractivity contribution in [1.82, 2.24) is 0 Å². The Balaban J connectivity index is 2.09. The molecule has 12 heteroatoms. The van der Waals surface area contributed by atoms with Gasteiger partial charge in [0.25, 0.3) is 0 Å². The molecule has 0 aromatic rings. The van der Waals surface area contributed by atoms with Crippen LogP contribution in [0.1, 0.15) is 0 Å². The third kappa shape index (κ3) is 4.71. The summed E-state index contributed by atoms with van der Waals surface area (Å²) in [4.78, 5) is 0. The predicted molar refractivity (Wildman–Crippen MR) is 86.1 cm³/mol. The fourth-order valence-electron chi connectivity index (χ4n) is 2.85. The zero-order valence-corrected chi connectivity index (χ0v) is 15.3. The number of halogens is 1. The molecule has 2 aliphatic heterocycles. The third-order valence-electron chi connectivity index (χ3n) is 4.32. The van der Waals surface area contributed by atoms with E-state index >= 15 is 0 Å². The minimum Gasteiger partial charge on any atom is -0.394 e. The van der Waals surface area contributed by atoms with Gasteiger partial charge in [-0.3, -0.25) is 0 Å². The summed E-state index contributed by atoms with van der Waals surface area (Å²) in [5.74, 6) is 0. The molecule has 2 aliphatic rings. The van der Waals surface area contributed by atoms with Gasteiger partial charge in [-0.05, 0) is 0 Å². The van der Waals surface area contributed by atoms with Crippen LogP contribution in [0.25, 0.3) is 0 Å². The van der Waals surface area contributed by atoms with Crippen molar-refractivity contribution in [2.24, 2.45) is 0 Å². The summed E-state index contributed by atoms with van der Waals surface area (Å²) < 4.78 is 21.2. The first-order valence-corrected chi connectivity index (χ1v) is 9.23. The van der Waals surface area contributed by atoms with E-state index in [0.29, 0.717) is 5.33 Å². The Hall–Kier alpha value is 0.0400. The molecular weight excluding hydrogens is 424 g/mol. The molecule has 0 bridgehead atoms. The number of aliphatic hydroxyl groups excluding tert-OH is 7. The number of aliphatic hydroxyl groups is 7. The van der Waals surface area contributed by atoms with Gasteiger partial charge in [-0.25, -0.2) is 0 Å². The number of rotatable bonds is 7. The van der Waals surface area contributed by atoms with Crippen LogP contribution < -0.4 is 0 Å². The lowest BCUT2D eigenvalue weighted by molar-refractivity contribution is -0.359. The number of ether oxygens (including phenoxy) is 4. The maximum atomic E-state index is 10.3. The number of hydrogen-bond donors (Lipinski definition) is 7. The van der Waals surface area contributed by atoms with Crippen molar-refractivity contribution in [3.63, 3.8) is 0 Å². The van der Waals surface area contributed by atoms with Gasteiger partial charge in [-0.1, -0.05) is 15.9 Å².